The van der Waals surface area contributed by atoms with Crippen LogP contribution < -0.4 is 14.8 Å². The number of rotatable bonds is 5. The Morgan fingerprint density at radius 3 is 2.61 bits per heavy atom. The number of para-hydroxylation sites is 1. The van der Waals surface area contributed by atoms with Crippen molar-refractivity contribution in [3.63, 3.8) is 0 Å². The molecular formula is C22H23N3O3. The maximum absolute atomic E-state index is 12.7. The van der Waals surface area contributed by atoms with Crippen LogP contribution in [0.5, 0.6) is 11.5 Å². The van der Waals surface area contributed by atoms with Crippen molar-refractivity contribution in [3.05, 3.63) is 71.0 Å². The molecule has 0 fully saturated rings. The molecule has 2 heterocycles. The third-order valence-electron chi connectivity index (χ3n) is 4.82. The molecule has 0 bridgehead atoms. The smallest absolute Gasteiger partial charge is 0.255 e. The molecule has 0 saturated carbocycles. The predicted molar refractivity (Wildman–Crippen MR) is 107 cm³/mol. The van der Waals surface area contributed by atoms with Gasteiger partial charge in [-0.05, 0) is 50.1 Å². The summed E-state index contributed by atoms with van der Waals surface area (Å²) in [5.41, 5.74) is 4.22. The third-order valence-corrected chi connectivity index (χ3v) is 4.82. The van der Waals surface area contributed by atoms with E-state index in [1.54, 1.807) is 0 Å². The molecule has 1 N–H and O–H groups in total. The molecule has 6 heteroatoms. The van der Waals surface area contributed by atoms with Crippen molar-refractivity contribution in [2.75, 3.05) is 19.8 Å². The fraction of sp³-hybridized carbons (Fsp3) is 0.273. The van der Waals surface area contributed by atoms with Gasteiger partial charge in [-0.2, -0.15) is 5.10 Å². The van der Waals surface area contributed by atoms with Crippen molar-refractivity contribution in [1.29, 1.82) is 0 Å². The first-order valence-corrected chi connectivity index (χ1v) is 9.42. The van der Waals surface area contributed by atoms with Gasteiger partial charge in [-0.15, -0.1) is 0 Å². The van der Waals surface area contributed by atoms with E-state index >= 15 is 0 Å². The summed E-state index contributed by atoms with van der Waals surface area (Å²) in [7, 11) is 0. The van der Waals surface area contributed by atoms with Crippen LogP contribution in [0.15, 0.2) is 48.5 Å². The first-order chi connectivity index (χ1) is 13.6. The summed E-state index contributed by atoms with van der Waals surface area (Å²) in [5, 5.41) is 7.55. The number of nitrogens with one attached hydrogen (secondary N) is 1. The second-order valence-corrected chi connectivity index (χ2v) is 6.78. The summed E-state index contributed by atoms with van der Waals surface area (Å²) in [6, 6.07) is 15.7. The van der Waals surface area contributed by atoms with Gasteiger partial charge in [0.15, 0.2) is 11.5 Å². The Balaban J connectivity index is 1.42. The number of aromatic nitrogens is 2. The number of aryl methyl sites for hydroxylation is 1. The summed E-state index contributed by atoms with van der Waals surface area (Å²) in [6.07, 6.45) is 0.716. The average molecular weight is 377 g/mol. The van der Waals surface area contributed by atoms with Gasteiger partial charge < -0.3 is 14.8 Å². The van der Waals surface area contributed by atoms with Gasteiger partial charge in [0, 0.05) is 6.54 Å². The van der Waals surface area contributed by atoms with E-state index in [-0.39, 0.29) is 5.91 Å². The normalized spacial score (nSPS) is 12.6. The van der Waals surface area contributed by atoms with Gasteiger partial charge in [-0.1, -0.05) is 24.3 Å². The number of fused-ring (bicyclic) bond motifs is 1. The van der Waals surface area contributed by atoms with Gasteiger partial charge in [-0.3, -0.25) is 4.79 Å². The van der Waals surface area contributed by atoms with Gasteiger partial charge in [0.1, 0.15) is 13.2 Å². The van der Waals surface area contributed by atoms with E-state index in [4.69, 9.17) is 9.47 Å². The van der Waals surface area contributed by atoms with E-state index in [2.05, 4.69) is 10.4 Å². The second-order valence-electron chi connectivity index (χ2n) is 6.78. The number of amides is 1. The molecule has 144 valence electrons. The molecule has 0 unspecified atom stereocenters. The molecule has 0 spiro atoms. The molecule has 1 aliphatic rings. The van der Waals surface area contributed by atoms with Gasteiger partial charge >= 0.3 is 0 Å². The molecule has 0 atom stereocenters. The van der Waals surface area contributed by atoms with E-state index < -0.39 is 0 Å². The lowest BCUT2D eigenvalue weighted by molar-refractivity contribution is 0.0953. The first kappa shape index (κ1) is 18.1. The minimum Gasteiger partial charge on any atom is -0.486 e. The highest BCUT2D eigenvalue weighted by molar-refractivity contribution is 5.96. The highest BCUT2D eigenvalue weighted by Crippen LogP contribution is 2.30. The molecule has 28 heavy (non-hydrogen) atoms. The zero-order chi connectivity index (χ0) is 19.5. The van der Waals surface area contributed by atoms with E-state index in [1.807, 2.05) is 67.1 Å². The molecule has 3 aromatic rings. The Bertz CT molecular complexity index is 996. The SMILES string of the molecule is Cc1nn(-c2ccccc2)c(C)c1C(=O)NCCc1ccc2c(c1)OCCO2. The fourth-order valence-corrected chi connectivity index (χ4v) is 3.44. The Labute approximate surface area is 164 Å². The number of hydrogen-bond acceptors (Lipinski definition) is 4. The number of nitrogens with zero attached hydrogens (tertiary/aromatic N) is 2. The Morgan fingerprint density at radius 2 is 1.82 bits per heavy atom. The van der Waals surface area contributed by atoms with Gasteiger partial charge in [0.2, 0.25) is 0 Å². The Hall–Kier alpha value is -3.28. The number of carbonyl (C=O) groups is 1. The van der Waals surface area contributed by atoms with Crippen LogP contribution in [0, 0.1) is 13.8 Å². The minimum atomic E-state index is -0.102. The van der Waals surface area contributed by atoms with E-state index in [0.717, 1.165) is 34.1 Å². The van der Waals surface area contributed by atoms with Crippen molar-refractivity contribution in [2.24, 2.45) is 0 Å². The summed E-state index contributed by atoms with van der Waals surface area (Å²) in [6.45, 7) is 5.47. The van der Waals surface area contributed by atoms with Crippen molar-refractivity contribution < 1.29 is 14.3 Å². The van der Waals surface area contributed by atoms with Gasteiger partial charge in [0.25, 0.3) is 5.91 Å². The van der Waals surface area contributed by atoms with Gasteiger partial charge in [-0.25, -0.2) is 4.68 Å². The molecule has 0 radical (unpaired) electrons. The second kappa shape index (κ2) is 7.76. The Morgan fingerprint density at radius 1 is 1.07 bits per heavy atom. The van der Waals surface area contributed by atoms with Crippen LogP contribution in [0.2, 0.25) is 0 Å². The van der Waals surface area contributed by atoms with Crippen molar-refractivity contribution in [3.8, 4) is 17.2 Å². The lowest BCUT2D eigenvalue weighted by Crippen LogP contribution is -2.26. The average Bonchev–Trinajstić information content (AvgIpc) is 3.02. The van der Waals surface area contributed by atoms with Crippen LogP contribution in [0.25, 0.3) is 5.69 Å². The molecule has 1 amide bonds. The number of hydrogen-bond donors (Lipinski definition) is 1. The van der Waals surface area contributed by atoms with E-state index in [1.165, 1.54) is 0 Å². The fourth-order valence-electron chi connectivity index (χ4n) is 3.44. The van der Waals surface area contributed by atoms with E-state index in [9.17, 15) is 4.79 Å². The molecule has 4 rings (SSSR count). The lowest BCUT2D eigenvalue weighted by atomic mass is 10.1. The largest absolute Gasteiger partial charge is 0.486 e. The van der Waals surface area contributed by atoms with Crippen LogP contribution in [-0.4, -0.2) is 35.4 Å². The molecule has 1 aromatic heterocycles. The number of ether oxygens (including phenoxy) is 2. The summed E-state index contributed by atoms with van der Waals surface area (Å²) in [5.74, 6) is 1.44. The quantitative estimate of drug-likeness (QED) is 0.741. The number of carbonyl (C=O) groups excluding carboxylic acids is 1. The highest BCUT2D eigenvalue weighted by Gasteiger charge is 2.19. The van der Waals surface area contributed by atoms with Crippen molar-refractivity contribution in [2.45, 2.75) is 20.3 Å². The van der Waals surface area contributed by atoms with E-state index in [0.29, 0.717) is 31.7 Å². The predicted octanol–water partition coefficient (Wildman–Crippen LogP) is 3.23. The highest BCUT2D eigenvalue weighted by atomic mass is 16.6. The zero-order valence-electron chi connectivity index (χ0n) is 16.1. The molecule has 1 aliphatic heterocycles. The molecule has 0 saturated heterocycles. The Kier molecular flexibility index (Phi) is 5.02. The van der Waals surface area contributed by atoms with Crippen LogP contribution in [0.4, 0.5) is 0 Å². The van der Waals surface area contributed by atoms with Crippen LogP contribution >= 0.6 is 0 Å². The minimum absolute atomic E-state index is 0.102. The van der Waals surface area contributed by atoms with Crippen LogP contribution in [-0.2, 0) is 6.42 Å². The standard InChI is InChI=1S/C22H23N3O3/c1-15-21(16(2)25(24-15)18-6-4-3-5-7-18)22(26)23-11-10-17-8-9-19-20(14-17)28-13-12-27-19/h3-9,14H,10-13H2,1-2H3,(H,23,26). The third kappa shape index (κ3) is 3.58. The molecule has 6 nitrogen and oxygen atoms in total. The maximum atomic E-state index is 12.7. The number of benzene rings is 2. The first-order valence-electron chi connectivity index (χ1n) is 9.42. The van der Waals surface area contributed by atoms with Crippen molar-refractivity contribution in [1.82, 2.24) is 15.1 Å². The topological polar surface area (TPSA) is 65.4 Å². The zero-order valence-corrected chi connectivity index (χ0v) is 16.1. The van der Waals surface area contributed by atoms with Crippen molar-refractivity contribution >= 4 is 5.91 Å². The summed E-state index contributed by atoms with van der Waals surface area (Å²) < 4.78 is 13.0. The molecule has 2 aromatic carbocycles. The summed E-state index contributed by atoms with van der Waals surface area (Å²) >= 11 is 0. The summed E-state index contributed by atoms with van der Waals surface area (Å²) in [4.78, 5) is 12.7. The van der Waals surface area contributed by atoms with Crippen LogP contribution in [0.3, 0.4) is 0 Å². The molecule has 0 aliphatic carbocycles. The monoisotopic (exact) mass is 377 g/mol. The maximum Gasteiger partial charge on any atom is 0.255 e. The molecular weight excluding hydrogens is 354 g/mol. The lowest BCUT2D eigenvalue weighted by Gasteiger charge is -2.18. The van der Waals surface area contributed by atoms with Crippen LogP contribution in [0.1, 0.15) is 27.3 Å². The van der Waals surface area contributed by atoms with Gasteiger partial charge in [0.05, 0.1) is 22.6 Å².